The van der Waals surface area contributed by atoms with E-state index in [-0.39, 0.29) is 5.69 Å². The number of nitro groups is 1. The SMILES string of the molecule is Cn1cccc1Sc1ccc([N+](=O)[O-])cc1. The van der Waals surface area contributed by atoms with Crippen molar-refractivity contribution in [2.24, 2.45) is 7.05 Å². The first kappa shape index (κ1) is 10.8. The maximum absolute atomic E-state index is 10.5. The normalized spacial score (nSPS) is 10.3. The van der Waals surface area contributed by atoms with Crippen molar-refractivity contribution in [2.75, 3.05) is 0 Å². The molecule has 0 fully saturated rings. The average Bonchev–Trinajstić information content (AvgIpc) is 2.65. The minimum atomic E-state index is -0.392. The van der Waals surface area contributed by atoms with Crippen LogP contribution in [0.2, 0.25) is 0 Å². The van der Waals surface area contributed by atoms with Crippen LogP contribution in [0.5, 0.6) is 0 Å². The van der Waals surface area contributed by atoms with Crippen LogP contribution in [-0.2, 0) is 7.05 Å². The van der Waals surface area contributed by atoms with Crippen molar-refractivity contribution in [3.05, 3.63) is 52.7 Å². The molecule has 0 aliphatic carbocycles. The van der Waals surface area contributed by atoms with Gasteiger partial charge in [0.2, 0.25) is 0 Å². The van der Waals surface area contributed by atoms with E-state index < -0.39 is 4.92 Å². The molecule has 0 saturated heterocycles. The number of aryl methyl sites for hydroxylation is 1. The quantitative estimate of drug-likeness (QED) is 0.605. The van der Waals surface area contributed by atoms with Crippen LogP contribution in [0.25, 0.3) is 0 Å². The Balaban J connectivity index is 2.17. The van der Waals surface area contributed by atoms with E-state index in [1.165, 1.54) is 12.1 Å². The van der Waals surface area contributed by atoms with Gasteiger partial charge in [-0.3, -0.25) is 10.1 Å². The molecule has 0 atom stereocenters. The molecule has 1 heterocycles. The van der Waals surface area contributed by atoms with Crippen molar-refractivity contribution in [1.29, 1.82) is 0 Å². The molecule has 1 aromatic carbocycles. The van der Waals surface area contributed by atoms with E-state index in [1.807, 2.05) is 29.9 Å². The maximum atomic E-state index is 10.5. The molecule has 5 heteroatoms. The Morgan fingerprint density at radius 1 is 1.25 bits per heavy atom. The van der Waals surface area contributed by atoms with Crippen molar-refractivity contribution in [3.63, 3.8) is 0 Å². The smallest absolute Gasteiger partial charge is 0.269 e. The summed E-state index contributed by atoms with van der Waals surface area (Å²) in [5, 5.41) is 11.6. The Bertz CT molecular complexity index is 505. The summed E-state index contributed by atoms with van der Waals surface area (Å²) < 4.78 is 2.01. The molecule has 0 unspecified atom stereocenters. The fraction of sp³-hybridized carbons (Fsp3) is 0.0909. The van der Waals surface area contributed by atoms with Gasteiger partial charge in [-0.2, -0.15) is 0 Å². The Morgan fingerprint density at radius 3 is 2.44 bits per heavy atom. The van der Waals surface area contributed by atoms with E-state index >= 15 is 0 Å². The fourth-order valence-electron chi connectivity index (χ4n) is 1.31. The van der Waals surface area contributed by atoms with Gasteiger partial charge in [-0.1, -0.05) is 11.8 Å². The van der Waals surface area contributed by atoms with E-state index in [1.54, 1.807) is 23.9 Å². The van der Waals surface area contributed by atoms with Gasteiger partial charge in [-0.25, -0.2) is 0 Å². The lowest BCUT2D eigenvalue weighted by Crippen LogP contribution is -1.88. The molecule has 2 aromatic rings. The summed E-state index contributed by atoms with van der Waals surface area (Å²) >= 11 is 1.58. The summed E-state index contributed by atoms with van der Waals surface area (Å²) in [6.07, 6.45) is 1.97. The summed E-state index contributed by atoms with van der Waals surface area (Å²) in [5.74, 6) is 0. The molecule has 0 N–H and O–H groups in total. The topological polar surface area (TPSA) is 48.1 Å². The molecule has 0 radical (unpaired) electrons. The van der Waals surface area contributed by atoms with Crippen molar-refractivity contribution in [3.8, 4) is 0 Å². The van der Waals surface area contributed by atoms with Crippen molar-refractivity contribution >= 4 is 17.4 Å². The van der Waals surface area contributed by atoms with Crippen molar-refractivity contribution in [1.82, 2.24) is 4.57 Å². The molecular formula is C11H10N2O2S. The summed E-state index contributed by atoms with van der Waals surface area (Å²) in [5.41, 5.74) is 0.122. The highest BCUT2D eigenvalue weighted by Gasteiger charge is 2.05. The molecule has 0 aliphatic rings. The van der Waals surface area contributed by atoms with Crippen LogP contribution in [0.3, 0.4) is 0 Å². The first-order valence-electron chi connectivity index (χ1n) is 4.70. The van der Waals surface area contributed by atoms with E-state index in [9.17, 15) is 10.1 Å². The number of non-ortho nitro benzene ring substituents is 1. The summed E-state index contributed by atoms with van der Waals surface area (Å²) in [6.45, 7) is 0. The molecule has 16 heavy (non-hydrogen) atoms. The van der Waals surface area contributed by atoms with E-state index in [2.05, 4.69) is 0 Å². The zero-order valence-corrected chi connectivity index (χ0v) is 9.48. The molecule has 1 aromatic heterocycles. The van der Waals surface area contributed by atoms with Crippen LogP contribution in [-0.4, -0.2) is 9.49 Å². The molecule has 0 spiro atoms. The lowest BCUT2D eigenvalue weighted by molar-refractivity contribution is -0.384. The minimum absolute atomic E-state index is 0.122. The van der Waals surface area contributed by atoms with Gasteiger partial charge in [0.15, 0.2) is 0 Å². The third-order valence-electron chi connectivity index (χ3n) is 2.17. The monoisotopic (exact) mass is 234 g/mol. The minimum Gasteiger partial charge on any atom is -0.346 e. The van der Waals surface area contributed by atoms with Gasteiger partial charge in [0.25, 0.3) is 5.69 Å². The standard InChI is InChI=1S/C11H10N2O2S/c1-12-8-2-3-11(12)16-10-6-4-9(5-7-10)13(14)15/h2-8H,1H3. The number of hydrogen-bond acceptors (Lipinski definition) is 3. The fourth-order valence-corrected chi connectivity index (χ4v) is 2.17. The number of nitrogens with zero attached hydrogens (tertiary/aromatic N) is 2. The van der Waals surface area contributed by atoms with Gasteiger partial charge in [0.05, 0.1) is 9.95 Å². The van der Waals surface area contributed by atoms with Gasteiger partial charge in [0, 0.05) is 30.3 Å². The molecule has 2 rings (SSSR count). The van der Waals surface area contributed by atoms with E-state index in [0.717, 1.165) is 9.92 Å². The lowest BCUT2D eigenvalue weighted by atomic mass is 10.3. The second-order valence-corrected chi connectivity index (χ2v) is 4.40. The zero-order chi connectivity index (χ0) is 11.5. The van der Waals surface area contributed by atoms with Gasteiger partial charge in [0.1, 0.15) is 0 Å². The number of benzene rings is 1. The Labute approximate surface area is 97.0 Å². The highest BCUT2D eigenvalue weighted by Crippen LogP contribution is 2.28. The number of hydrogen-bond donors (Lipinski definition) is 0. The molecule has 82 valence electrons. The lowest BCUT2D eigenvalue weighted by Gasteiger charge is -2.02. The van der Waals surface area contributed by atoms with Gasteiger partial charge in [-0.15, -0.1) is 0 Å². The van der Waals surface area contributed by atoms with Crippen molar-refractivity contribution < 1.29 is 4.92 Å². The zero-order valence-electron chi connectivity index (χ0n) is 8.66. The van der Waals surface area contributed by atoms with Crippen molar-refractivity contribution in [2.45, 2.75) is 9.92 Å². The summed E-state index contributed by atoms with van der Waals surface area (Å²) in [6, 6.07) is 10.5. The van der Waals surface area contributed by atoms with Gasteiger partial charge >= 0.3 is 0 Å². The molecule has 0 bridgehead atoms. The highest BCUT2D eigenvalue weighted by molar-refractivity contribution is 7.99. The van der Waals surface area contributed by atoms with Crippen LogP contribution in [0, 0.1) is 10.1 Å². The molecule has 0 amide bonds. The first-order chi connectivity index (χ1) is 7.66. The second kappa shape index (κ2) is 4.40. The molecule has 0 aliphatic heterocycles. The molecule has 4 nitrogen and oxygen atoms in total. The van der Waals surface area contributed by atoms with Gasteiger partial charge < -0.3 is 4.57 Å². The molecule has 0 saturated carbocycles. The number of nitro benzene ring substituents is 1. The van der Waals surface area contributed by atoms with E-state index in [0.29, 0.717) is 0 Å². The number of rotatable bonds is 3. The first-order valence-corrected chi connectivity index (χ1v) is 5.52. The largest absolute Gasteiger partial charge is 0.346 e. The van der Waals surface area contributed by atoms with Crippen LogP contribution < -0.4 is 0 Å². The highest BCUT2D eigenvalue weighted by atomic mass is 32.2. The van der Waals surface area contributed by atoms with Crippen LogP contribution >= 0.6 is 11.8 Å². The average molecular weight is 234 g/mol. The Kier molecular flexibility index (Phi) is 2.96. The number of aromatic nitrogens is 1. The predicted octanol–water partition coefficient (Wildman–Crippen LogP) is 3.08. The summed E-state index contributed by atoms with van der Waals surface area (Å²) in [7, 11) is 1.97. The predicted molar refractivity (Wildman–Crippen MR) is 62.6 cm³/mol. The van der Waals surface area contributed by atoms with Gasteiger partial charge in [-0.05, 0) is 24.3 Å². The second-order valence-electron chi connectivity index (χ2n) is 3.31. The van der Waals surface area contributed by atoms with E-state index in [4.69, 9.17) is 0 Å². The van der Waals surface area contributed by atoms with Crippen LogP contribution in [0.1, 0.15) is 0 Å². The Morgan fingerprint density at radius 2 is 1.94 bits per heavy atom. The third-order valence-corrected chi connectivity index (χ3v) is 3.31. The Hall–Kier alpha value is -1.75. The summed E-state index contributed by atoms with van der Waals surface area (Å²) in [4.78, 5) is 11.1. The third kappa shape index (κ3) is 2.25. The maximum Gasteiger partial charge on any atom is 0.269 e. The van der Waals surface area contributed by atoms with Crippen LogP contribution in [0.15, 0.2) is 52.5 Å². The molecular weight excluding hydrogens is 224 g/mol. The van der Waals surface area contributed by atoms with Crippen LogP contribution in [0.4, 0.5) is 5.69 Å².